The van der Waals surface area contributed by atoms with Gasteiger partial charge in [-0.05, 0) is 43.9 Å². The molecule has 0 saturated heterocycles. The van der Waals surface area contributed by atoms with Gasteiger partial charge in [-0.3, -0.25) is 4.79 Å². The highest BCUT2D eigenvalue weighted by atomic mass is 28.3. The third-order valence-corrected chi connectivity index (χ3v) is 5.71. The lowest BCUT2D eigenvalue weighted by molar-refractivity contribution is 0.0524. The Balaban J connectivity index is 2.14. The molecule has 1 aliphatic carbocycles. The number of pyridine rings is 1. The maximum atomic E-state index is 13.0. The van der Waals surface area contributed by atoms with Gasteiger partial charge in [0, 0.05) is 23.7 Å². The van der Waals surface area contributed by atoms with Gasteiger partial charge in [0.15, 0.2) is 0 Å². The molecule has 0 bridgehead atoms. The lowest BCUT2D eigenvalue weighted by Crippen LogP contribution is -2.24. The third-order valence-electron chi connectivity index (χ3n) is 4.84. The molecule has 1 heterocycles. The number of nitrogens with zero attached hydrogens (tertiary/aromatic N) is 1. The van der Waals surface area contributed by atoms with E-state index in [1.165, 1.54) is 19.3 Å². The number of fused-ring (bicyclic) bond motifs is 1. The van der Waals surface area contributed by atoms with Crippen molar-refractivity contribution in [1.29, 1.82) is 0 Å². The van der Waals surface area contributed by atoms with Gasteiger partial charge in [0.05, 0.1) is 12.1 Å². The molecule has 0 aliphatic heterocycles. The van der Waals surface area contributed by atoms with Crippen LogP contribution in [0.25, 0.3) is 10.9 Å². The van der Waals surface area contributed by atoms with Gasteiger partial charge in [-0.25, -0.2) is 4.79 Å². The van der Waals surface area contributed by atoms with Crippen LogP contribution in [0.4, 0.5) is 0 Å². The summed E-state index contributed by atoms with van der Waals surface area (Å²) in [5.74, 6) is 3.27. The zero-order valence-electron chi connectivity index (χ0n) is 16.6. The van der Waals surface area contributed by atoms with E-state index in [4.69, 9.17) is 4.74 Å². The molecule has 142 valence electrons. The first-order valence-electron chi connectivity index (χ1n) is 9.66. The maximum Gasteiger partial charge on any atom is 0.343 e. The van der Waals surface area contributed by atoms with Gasteiger partial charge in [0.25, 0.3) is 0 Å². The van der Waals surface area contributed by atoms with Crippen LogP contribution in [0.2, 0.25) is 19.6 Å². The summed E-state index contributed by atoms with van der Waals surface area (Å²) in [6, 6.07) is 5.75. The summed E-state index contributed by atoms with van der Waals surface area (Å²) in [7, 11) is -1.51. The van der Waals surface area contributed by atoms with E-state index >= 15 is 0 Å². The van der Waals surface area contributed by atoms with Crippen LogP contribution < -0.4 is 5.43 Å². The Morgan fingerprint density at radius 3 is 2.63 bits per heavy atom. The number of esters is 1. The smallest absolute Gasteiger partial charge is 0.343 e. The lowest BCUT2D eigenvalue weighted by Gasteiger charge is -2.27. The SMILES string of the molecule is CCOC(=O)c1cn(CC2CCC2)c2ccc(C#C[Si](C)(C)C)cc2c1=O. The second-order valence-electron chi connectivity index (χ2n) is 8.27. The number of benzene rings is 1. The first-order chi connectivity index (χ1) is 12.8. The summed E-state index contributed by atoms with van der Waals surface area (Å²) in [5, 5.41) is 0.544. The molecule has 27 heavy (non-hydrogen) atoms. The summed E-state index contributed by atoms with van der Waals surface area (Å²) in [5.41, 5.74) is 4.85. The van der Waals surface area contributed by atoms with Crippen molar-refractivity contribution >= 4 is 24.9 Å². The molecule has 0 amide bonds. The van der Waals surface area contributed by atoms with E-state index in [-0.39, 0.29) is 17.6 Å². The first kappa shape index (κ1) is 19.4. The molecule has 0 atom stereocenters. The van der Waals surface area contributed by atoms with Crippen LogP contribution in [0.15, 0.2) is 29.2 Å². The molecule has 1 saturated carbocycles. The van der Waals surface area contributed by atoms with Gasteiger partial charge < -0.3 is 9.30 Å². The van der Waals surface area contributed by atoms with Gasteiger partial charge in [-0.1, -0.05) is 32.0 Å². The highest BCUT2D eigenvalue weighted by molar-refractivity contribution is 6.83. The largest absolute Gasteiger partial charge is 0.462 e. The third kappa shape index (κ3) is 4.51. The molecule has 0 N–H and O–H groups in total. The Labute approximate surface area is 161 Å². The molecule has 1 fully saturated rings. The van der Waals surface area contributed by atoms with Crippen molar-refractivity contribution < 1.29 is 9.53 Å². The molecule has 1 aromatic heterocycles. The van der Waals surface area contributed by atoms with Crippen molar-refractivity contribution in [1.82, 2.24) is 4.57 Å². The van der Waals surface area contributed by atoms with E-state index in [1.807, 2.05) is 22.8 Å². The number of hydrogen-bond donors (Lipinski definition) is 0. The number of rotatable bonds is 4. The van der Waals surface area contributed by atoms with E-state index in [1.54, 1.807) is 13.1 Å². The molecule has 1 aromatic carbocycles. The van der Waals surface area contributed by atoms with Crippen LogP contribution in [-0.4, -0.2) is 25.2 Å². The highest BCUT2D eigenvalue weighted by Gasteiger charge is 2.21. The van der Waals surface area contributed by atoms with Crippen molar-refractivity contribution in [3.8, 4) is 11.5 Å². The molecule has 0 radical (unpaired) electrons. The zero-order valence-corrected chi connectivity index (χ0v) is 17.6. The standard InChI is InChI=1S/C22H27NO3Si/c1-5-26-22(25)19-15-23(14-17-7-6-8-17)20-10-9-16(11-12-27(2,3)4)13-18(20)21(19)24/h9-10,13,15,17H,5-8,14H2,1-4H3. The molecule has 5 heteroatoms. The van der Waals surface area contributed by atoms with Gasteiger partial charge >= 0.3 is 5.97 Å². The monoisotopic (exact) mass is 381 g/mol. The van der Waals surface area contributed by atoms with E-state index in [0.29, 0.717) is 11.3 Å². The Bertz CT molecular complexity index is 985. The molecule has 2 aromatic rings. The molecule has 0 spiro atoms. The predicted octanol–water partition coefficient (Wildman–Crippen LogP) is 4.21. The molecule has 3 rings (SSSR count). The van der Waals surface area contributed by atoms with Gasteiger partial charge in [-0.2, -0.15) is 0 Å². The summed E-state index contributed by atoms with van der Waals surface area (Å²) in [6.45, 7) is 9.38. The van der Waals surface area contributed by atoms with Crippen molar-refractivity contribution in [3.05, 3.63) is 45.7 Å². The Morgan fingerprint density at radius 1 is 1.30 bits per heavy atom. The molecular formula is C22H27NO3Si. The average molecular weight is 382 g/mol. The number of carbonyl (C=O) groups excluding carboxylic acids is 1. The molecular weight excluding hydrogens is 354 g/mol. The summed E-state index contributed by atoms with van der Waals surface area (Å²) in [6.07, 6.45) is 5.32. The van der Waals surface area contributed by atoms with E-state index < -0.39 is 14.0 Å². The number of hydrogen-bond acceptors (Lipinski definition) is 3. The fourth-order valence-electron chi connectivity index (χ4n) is 3.19. The second-order valence-corrected chi connectivity index (χ2v) is 13.0. The molecule has 0 unspecified atom stereocenters. The average Bonchev–Trinajstić information content (AvgIpc) is 2.57. The zero-order chi connectivity index (χ0) is 19.6. The number of carbonyl (C=O) groups is 1. The number of ether oxygens (including phenoxy) is 1. The van der Waals surface area contributed by atoms with E-state index in [9.17, 15) is 9.59 Å². The first-order valence-corrected chi connectivity index (χ1v) is 13.2. The maximum absolute atomic E-state index is 13.0. The summed E-state index contributed by atoms with van der Waals surface area (Å²) < 4.78 is 7.15. The predicted molar refractivity (Wildman–Crippen MR) is 112 cm³/mol. The van der Waals surface area contributed by atoms with Crippen molar-refractivity contribution in [2.45, 2.75) is 52.4 Å². The summed E-state index contributed by atoms with van der Waals surface area (Å²) >= 11 is 0. The van der Waals surface area contributed by atoms with Gasteiger partial charge in [0.1, 0.15) is 13.6 Å². The van der Waals surface area contributed by atoms with Crippen LogP contribution in [0, 0.1) is 17.4 Å². The molecule has 4 nitrogen and oxygen atoms in total. The number of aromatic nitrogens is 1. The molecule has 1 aliphatic rings. The van der Waals surface area contributed by atoms with Crippen molar-refractivity contribution in [2.75, 3.05) is 6.61 Å². The van der Waals surface area contributed by atoms with Crippen molar-refractivity contribution in [3.63, 3.8) is 0 Å². The quantitative estimate of drug-likeness (QED) is 0.453. The minimum atomic E-state index is -1.51. The fourth-order valence-corrected chi connectivity index (χ4v) is 3.71. The fraction of sp³-hybridized carbons (Fsp3) is 0.455. The lowest BCUT2D eigenvalue weighted by atomic mass is 9.85. The highest BCUT2D eigenvalue weighted by Crippen LogP contribution is 2.29. The van der Waals surface area contributed by atoms with Gasteiger partial charge in [0.2, 0.25) is 5.43 Å². The van der Waals surface area contributed by atoms with Crippen LogP contribution in [-0.2, 0) is 11.3 Å². The minimum absolute atomic E-state index is 0.110. The van der Waals surface area contributed by atoms with Gasteiger partial charge in [-0.15, -0.1) is 5.54 Å². The topological polar surface area (TPSA) is 48.3 Å². The Kier molecular flexibility index (Phi) is 5.57. The van der Waals surface area contributed by atoms with Crippen LogP contribution in [0.5, 0.6) is 0 Å². The Hall–Kier alpha value is -2.32. The van der Waals surface area contributed by atoms with Crippen LogP contribution >= 0.6 is 0 Å². The Morgan fingerprint density at radius 2 is 2.04 bits per heavy atom. The normalized spacial score (nSPS) is 14.4. The summed E-state index contributed by atoms with van der Waals surface area (Å²) in [4.78, 5) is 25.3. The minimum Gasteiger partial charge on any atom is -0.462 e. The van der Waals surface area contributed by atoms with Crippen LogP contribution in [0.3, 0.4) is 0 Å². The van der Waals surface area contributed by atoms with Crippen molar-refractivity contribution in [2.24, 2.45) is 5.92 Å². The van der Waals surface area contributed by atoms with Crippen LogP contribution in [0.1, 0.15) is 42.1 Å². The second kappa shape index (κ2) is 7.73. The van der Waals surface area contributed by atoms with E-state index in [2.05, 4.69) is 31.1 Å². The van der Waals surface area contributed by atoms with E-state index in [0.717, 1.165) is 17.6 Å².